The Morgan fingerprint density at radius 1 is 1.33 bits per heavy atom. The molecule has 0 aliphatic carbocycles. The summed E-state index contributed by atoms with van der Waals surface area (Å²) in [4.78, 5) is 12.8. The summed E-state index contributed by atoms with van der Waals surface area (Å²) in [6.45, 7) is -0.307. The predicted octanol–water partition coefficient (Wildman–Crippen LogP) is 2.45. The van der Waals surface area contributed by atoms with Crippen LogP contribution >= 0.6 is 0 Å². The van der Waals surface area contributed by atoms with Gasteiger partial charge in [-0.3, -0.25) is 0 Å². The Labute approximate surface area is 119 Å². The number of carbonyl (C=O) groups excluding carboxylic acids is 1. The molecule has 21 heavy (non-hydrogen) atoms. The molecule has 1 aromatic carbocycles. The number of hydrogen-bond donors (Lipinski definition) is 2. The lowest BCUT2D eigenvalue weighted by atomic mass is 10.0. The number of hydrogen-bond acceptors (Lipinski definition) is 2. The van der Waals surface area contributed by atoms with Gasteiger partial charge in [0, 0.05) is 13.6 Å². The number of urea groups is 1. The average Bonchev–Trinajstić information content (AvgIpc) is 2.37. The number of alkyl halides is 3. The number of carbonyl (C=O) groups is 1. The number of nitrogens with zero attached hydrogens (tertiary/aromatic N) is 1. The molecule has 0 radical (unpaired) electrons. The molecule has 1 rings (SSSR count). The molecule has 2 amide bonds. The summed E-state index contributed by atoms with van der Waals surface area (Å²) in [5.41, 5.74) is 0.152. The summed E-state index contributed by atoms with van der Waals surface area (Å²) in [6, 6.07) is 2.38. The SMILES string of the molecule is CN(CCO)C(=O)NC(CC(F)(F)F)c1ccc(F)cc1. The molecular formula is C13H16F4N2O2. The summed E-state index contributed by atoms with van der Waals surface area (Å²) in [5, 5.41) is 10.9. The number of rotatable bonds is 5. The van der Waals surface area contributed by atoms with E-state index in [0.29, 0.717) is 0 Å². The fourth-order valence-corrected chi connectivity index (χ4v) is 1.69. The predicted molar refractivity (Wildman–Crippen MR) is 68.1 cm³/mol. The van der Waals surface area contributed by atoms with Crippen molar-refractivity contribution in [3.63, 3.8) is 0 Å². The van der Waals surface area contributed by atoms with Crippen LogP contribution in [0.15, 0.2) is 24.3 Å². The number of aliphatic hydroxyl groups excluding tert-OH is 1. The molecule has 0 fully saturated rings. The van der Waals surface area contributed by atoms with Gasteiger partial charge in [0.25, 0.3) is 0 Å². The molecule has 4 nitrogen and oxygen atoms in total. The number of amides is 2. The van der Waals surface area contributed by atoms with E-state index in [2.05, 4.69) is 5.32 Å². The highest BCUT2D eigenvalue weighted by Gasteiger charge is 2.33. The van der Waals surface area contributed by atoms with Crippen molar-refractivity contribution in [3.8, 4) is 0 Å². The van der Waals surface area contributed by atoms with Gasteiger partial charge >= 0.3 is 12.2 Å². The van der Waals surface area contributed by atoms with Crippen molar-refractivity contribution in [1.29, 1.82) is 0 Å². The van der Waals surface area contributed by atoms with E-state index in [1.54, 1.807) is 0 Å². The molecule has 8 heteroatoms. The average molecular weight is 308 g/mol. The second-order valence-corrected chi connectivity index (χ2v) is 4.52. The highest BCUT2D eigenvalue weighted by atomic mass is 19.4. The van der Waals surface area contributed by atoms with Crippen LogP contribution in [0.1, 0.15) is 18.0 Å². The van der Waals surface area contributed by atoms with Crippen molar-refractivity contribution in [2.24, 2.45) is 0 Å². The Morgan fingerprint density at radius 2 is 1.90 bits per heavy atom. The van der Waals surface area contributed by atoms with Crippen molar-refractivity contribution in [2.45, 2.75) is 18.6 Å². The molecule has 1 aromatic rings. The van der Waals surface area contributed by atoms with Crippen LogP contribution in [0.4, 0.5) is 22.4 Å². The molecule has 0 bridgehead atoms. The van der Waals surface area contributed by atoms with E-state index in [1.165, 1.54) is 19.2 Å². The highest BCUT2D eigenvalue weighted by Crippen LogP contribution is 2.29. The van der Waals surface area contributed by atoms with E-state index in [0.717, 1.165) is 17.0 Å². The van der Waals surface area contributed by atoms with Crippen LogP contribution in [0.25, 0.3) is 0 Å². The zero-order chi connectivity index (χ0) is 16.0. The minimum absolute atomic E-state index is 0.00596. The number of nitrogens with one attached hydrogen (secondary N) is 1. The van der Waals surface area contributed by atoms with Crippen LogP contribution in [-0.2, 0) is 0 Å². The minimum atomic E-state index is -4.48. The van der Waals surface area contributed by atoms with Crippen molar-refractivity contribution >= 4 is 6.03 Å². The second-order valence-electron chi connectivity index (χ2n) is 4.52. The smallest absolute Gasteiger partial charge is 0.391 e. The summed E-state index contributed by atoms with van der Waals surface area (Å²) in [6.07, 6.45) is -5.75. The Kier molecular flexibility index (Phi) is 5.95. The normalized spacial score (nSPS) is 12.9. The largest absolute Gasteiger partial charge is 0.395 e. The maximum absolute atomic E-state index is 12.8. The van der Waals surface area contributed by atoms with E-state index >= 15 is 0 Å². The molecule has 2 N–H and O–H groups in total. The van der Waals surface area contributed by atoms with E-state index in [4.69, 9.17) is 5.11 Å². The van der Waals surface area contributed by atoms with Gasteiger partial charge < -0.3 is 15.3 Å². The first-order valence-corrected chi connectivity index (χ1v) is 6.17. The summed E-state index contributed by atoms with van der Waals surface area (Å²) in [5.74, 6) is -0.576. The lowest BCUT2D eigenvalue weighted by Crippen LogP contribution is -2.41. The fraction of sp³-hybridized carbons (Fsp3) is 0.462. The first kappa shape index (κ1) is 17.2. The van der Waals surface area contributed by atoms with E-state index in [9.17, 15) is 22.4 Å². The van der Waals surface area contributed by atoms with E-state index < -0.39 is 30.5 Å². The lowest BCUT2D eigenvalue weighted by molar-refractivity contribution is -0.139. The molecular weight excluding hydrogens is 292 g/mol. The Bertz CT molecular complexity index is 462. The standard InChI is InChI=1S/C13H16F4N2O2/c1-19(6-7-20)12(21)18-11(8-13(15,16)17)9-2-4-10(14)5-3-9/h2-5,11,20H,6-8H2,1H3,(H,18,21). The number of likely N-dealkylation sites (N-methyl/N-ethyl adjacent to an activating group) is 1. The minimum Gasteiger partial charge on any atom is -0.395 e. The fourth-order valence-electron chi connectivity index (χ4n) is 1.69. The maximum Gasteiger partial charge on any atom is 0.391 e. The molecule has 0 saturated heterocycles. The quantitative estimate of drug-likeness (QED) is 0.821. The molecule has 0 spiro atoms. The van der Waals surface area contributed by atoms with Crippen molar-refractivity contribution in [2.75, 3.05) is 20.2 Å². The molecule has 0 aromatic heterocycles. The number of halogens is 4. The topological polar surface area (TPSA) is 52.6 Å². The van der Waals surface area contributed by atoms with Crippen LogP contribution in [0.3, 0.4) is 0 Å². The monoisotopic (exact) mass is 308 g/mol. The van der Waals surface area contributed by atoms with Gasteiger partial charge in [-0.05, 0) is 17.7 Å². The van der Waals surface area contributed by atoms with E-state index in [-0.39, 0.29) is 18.7 Å². The molecule has 0 aliphatic rings. The van der Waals surface area contributed by atoms with Crippen LogP contribution in [0, 0.1) is 5.82 Å². The molecule has 0 saturated carbocycles. The van der Waals surface area contributed by atoms with Crippen LogP contribution in [-0.4, -0.2) is 42.4 Å². The van der Waals surface area contributed by atoms with Gasteiger partial charge in [-0.1, -0.05) is 12.1 Å². The maximum atomic E-state index is 12.8. The molecule has 1 unspecified atom stereocenters. The molecule has 118 valence electrons. The summed E-state index contributed by atoms with van der Waals surface area (Å²) < 4.78 is 50.6. The highest BCUT2D eigenvalue weighted by molar-refractivity contribution is 5.74. The van der Waals surface area contributed by atoms with Gasteiger partial charge in [0.15, 0.2) is 0 Å². The third kappa shape index (κ3) is 5.99. The number of aliphatic hydroxyl groups is 1. The van der Waals surface area contributed by atoms with Crippen molar-refractivity contribution in [3.05, 3.63) is 35.6 Å². The van der Waals surface area contributed by atoms with Gasteiger partial charge in [-0.2, -0.15) is 13.2 Å². The first-order chi connectivity index (χ1) is 9.73. The molecule has 0 heterocycles. The lowest BCUT2D eigenvalue weighted by Gasteiger charge is -2.24. The zero-order valence-corrected chi connectivity index (χ0v) is 11.3. The van der Waals surface area contributed by atoms with E-state index in [1.807, 2.05) is 0 Å². The van der Waals surface area contributed by atoms with Gasteiger partial charge in [-0.15, -0.1) is 0 Å². The summed E-state index contributed by atoms with van der Waals surface area (Å²) in [7, 11) is 1.35. The summed E-state index contributed by atoms with van der Waals surface area (Å²) >= 11 is 0. The molecule has 0 aliphatic heterocycles. The Morgan fingerprint density at radius 3 is 2.38 bits per heavy atom. The second kappa shape index (κ2) is 7.26. The van der Waals surface area contributed by atoms with Crippen molar-refractivity contribution in [1.82, 2.24) is 10.2 Å². The van der Waals surface area contributed by atoms with Gasteiger partial charge in [0.2, 0.25) is 0 Å². The van der Waals surface area contributed by atoms with Gasteiger partial charge in [0.1, 0.15) is 5.82 Å². The van der Waals surface area contributed by atoms with Crippen LogP contribution in [0.2, 0.25) is 0 Å². The third-order valence-corrected chi connectivity index (χ3v) is 2.79. The first-order valence-electron chi connectivity index (χ1n) is 6.17. The third-order valence-electron chi connectivity index (χ3n) is 2.79. The zero-order valence-electron chi connectivity index (χ0n) is 11.3. The number of benzene rings is 1. The Hall–Kier alpha value is -1.83. The van der Waals surface area contributed by atoms with Gasteiger partial charge in [0.05, 0.1) is 19.1 Å². The van der Waals surface area contributed by atoms with Crippen LogP contribution in [0.5, 0.6) is 0 Å². The van der Waals surface area contributed by atoms with Crippen LogP contribution < -0.4 is 5.32 Å². The van der Waals surface area contributed by atoms with Crippen molar-refractivity contribution < 1.29 is 27.5 Å². The Balaban J connectivity index is 2.87. The van der Waals surface area contributed by atoms with Gasteiger partial charge in [-0.25, -0.2) is 9.18 Å². The molecule has 1 atom stereocenters.